The van der Waals surface area contributed by atoms with Gasteiger partial charge < -0.3 is 10.4 Å². The Bertz CT molecular complexity index is 476. The molecule has 1 unspecified atom stereocenters. The third kappa shape index (κ3) is 4.89. The highest BCUT2D eigenvalue weighted by Crippen LogP contribution is 2.23. The zero-order valence-electron chi connectivity index (χ0n) is 12.1. The largest absolute Gasteiger partial charge is 0.507 e. The molecule has 0 bridgehead atoms. The number of halogens is 3. The second-order valence-corrected chi connectivity index (χ2v) is 5.72. The molecule has 0 saturated carbocycles. The first-order chi connectivity index (χ1) is 9.85. The monoisotopic (exact) mass is 302 g/mol. The molecule has 1 fully saturated rings. The Labute approximate surface area is 122 Å². The Morgan fingerprint density at radius 2 is 2.14 bits per heavy atom. The molecule has 21 heavy (non-hydrogen) atoms. The second-order valence-electron chi connectivity index (χ2n) is 5.72. The van der Waals surface area contributed by atoms with E-state index in [0.717, 1.165) is 17.5 Å². The second kappa shape index (κ2) is 6.66. The molecule has 1 aromatic rings. The first-order valence-corrected chi connectivity index (χ1v) is 7.12. The number of benzene rings is 1. The van der Waals surface area contributed by atoms with Crippen LogP contribution in [-0.4, -0.2) is 42.4 Å². The quantitative estimate of drug-likeness (QED) is 0.878. The number of phenolic OH excluding ortho intramolecular Hbond substituents is 1. The summed E-state index contributed by atoms with van der Waals surface area (Å²) < 4.78 is 36.9. The van der Waals surface area contributed by atoms with Crippen molar-refractivity contribution in [3.05, 3.63) is 29.3 Å². The fourth-order valence-corrected chi connectivity index (χ4v) is 2.75. The van der Waals surface area contributed by atoms with Crippen molar-refractivity contribution in [2.45, 2.75) is 26.1 Å². The summed E-state index contributed by atoms with van der Waals surface area (Å²) in [6.07, 6.45) is -3.33. The molecule has 1 aliphatic rings. The predicted molar refractivity (Wildman–Crippen MR) is 75.2 cm³/mol. The molecule has 0 aliphatic carbocycles. The van der Waals surface area contributed by atoms with E-state index >= 15 is 0 Å². The van der Waals surface area contributed by atoms with Gasteiger partial charge in [-0.05, 0) is 37.9 Å². The van der Waals surface area contributed by atoms with Gasteiger partial charge in [0.15, 0.2) is 0 Å². The van der Waals surface area contributed by atoms with Crippen molar-refractivity contribution in [1.82, 2.24) is 10.2 Å². The Morgan fingerprint density at radius 1 is 1.38 bits per heavy atom. The van der Waals surface area contributed by atoms with Gasteiger partial charge in [0.1, 0.15) is 5.75 Å². The minimum atomic E-state index is -4.12. The molecule has 2 N–H and O–H groups in total. The zero-order chi connectivity index (χ0) is 15.5. The van der Waals surface area contributed by atoms with Crippen LogP contribution in [0.25, 0.3) is 0 Å². The van der Waals surface area contributed by atoms with E-state index in [4.69, 9.17) is 0 Å². The molecule has 6 heteroatoms. The number of hydrogen-bond donors (Lipinski definition) is 2. The normalized spacial score (nSPS) is 20.1. The summed E-state index contributed by atoms with van der Waals surface area (Å²) in [5.74, 6) is 0.523. The van der Waals surface area contributed by atoms with Gasteiger partial charge in [0.05, 0.1) is 6.54 Å². The van der Waals surface area contributed by atoms with E-state index in [-0.39, 0.29) is 11.7 Å². The van der Waals surface area contributed by atoms with Crippen LogP contribution in [0.2, 0.25) is 0 Å². The molecule has 0 amide bonds. The molecule has 118 valence electrons. The molecule has 0 spiro atoms. The highest BCUT2D eigenvalue weighted by Gasteiger charge is 2.34. The van der Waals surface area contributed by atoms with Crippen molar-refractivity contribution in [1.29, 1.82) is 0 Å². The Kier molecular flexibility index (Phi) is 5.11. The summed E-state index contributed by atoms with van der Waals surface area (Å²) in [7, 11) is 0. The first-order valence-electron chi connectivity index (χ1n) is 7.12. The smallest absolute Gasteiger partial charge is 0.401 e. The maximum atomic E-state index is 12.3. The highest BCUT2D eigenvalue weighted by molar-refractivity contribution is 5.39. The van der Waals surface area contributed by atoms with Crippen LogP contribution >= 0.6 is 0 Å². The third-order valence-corrected chi connectivity index (χ3v) is 3.84. The number of nitrogens with one attached hydrogen (secondary N) is 1. The number of aromatic hydroxyl groups is 1. The summed E-state index contributed by atoms with van der Waals surface area (Å²) in [6, 6.07) is 5.57. The van der Waals surface area contributed by atoms with Crippen LogP contribution in [0.1, 0.15) is 17.5 Å². The van der Waals surface area contributed by atoms with E-state index in [1.807, 2.05) is 25.1 Å². The Morgan fingerprint density at radius 3 is 2.86 bits per heavy atom. The molecular weight excluding hydrogens is 281 g/mol. The maximum Gasteiger partial charge on any atom is 0.401 e. The van der Waals surface area contributed by atoms with Crippen molar-refractivity contribution in [2.24, 2.45) is 5.92 Å². The van der Waals surface area contributed by atoms with Crippen LogP contribution in [0.4, 0.5) is 13.2 Å². The summed E-state index contributed by atoms with van der Waals surface area (Å²) in [6.45, 7) is 3.20. The van der Waals surface area contributed by atoms with Crippen molar-refractivity contribution in [2.75, 3.05) is 26.2 Å². The number of rotatable bonds is 5. The molecule has 1 aromatic carbocycles. The van der Waals surface area contributed by atoms with E-state index < -0.39 is 12.7 Å². The molecule has 1 heterocycles. The number of hydrogen-bond acceptors (Lipinski definition) is 3. The summed E-state index contributed by atoms with van der Waals surface area (Å²) in [5, 5.41) is 13.1. The van der Waals surface area contributed by atoms with Crippen LogP contribution in [0.5, 0.6) is 5.75 Å². The average Bonchev–Trinajstić information content (AvgIpc) is 2.80. The van der Waals surface area contributed by atoms with E-state index in [2.05, 4.69) is 5.32 Å². The van der Waals surface area contributed by atoms with Gasteiger partial charge >= 0.3 is 6.18 Å². The third-order valence-electron chi connectivity index (χ3n) is 3.84. The predicted octanol–water partition coefficient (Wildman–Crippen LogP) is 2.67. The Hall–Kier alpha value is -1.27. The van der Waals surface area contributed by atoms with Gasteiger partial charge in [-0.25, -0.2) is 0 Å². The van der Waals surface area contributed by atoms with Gasteiger partial charge in [-0.2, -0.15) is 13.2 Å². The summed E-state index contributed by atoms with van der Waals surface area (Å²) >= 11 is 0. The van der Waals surface area contributed by atoms with Crippen molar-refractivity contribution in [3.63, 3.8) is 0 Å². The highest BCUT2D eigenvalue weighted by atomic mass is 19.4. The van der Waals surface area contributed by atoms with Gasteiger partial charge in [-0.1, -0.05) is 18.2 Å². The first kappa shape index (κ1) is 16.1. The van der Waals surface area contributed by atoms with E-state index in [1.165, 1.54) is 4.90 Å². The van der Waals surface area contributed by atoms with Crippen LogP contribution in [0, 0.1) is 12.8 Å². The number of nitrogens with zero attached hydrogens (tertiary/aromatic N) is 1. The minimum absolute atomic E-state index is 0.235. The van der Waals surface area contributed by atoms with E-state index in [9.17, 15) is 18.3 Å². The van der Waals surface area contributed by atoms with Gasteiger partial charge in [0, 0.05) is 18.7 Å². The summed E-state index contributed by atoms with van der Waals surface area (Å²) in [5.41, 5.74) is 1.65. The lowest BCUT2D eigenvalue weighted by molar-refractivity contribution is -0.143. The number of phenols is 1. The number of aryl methyl sites for hydroxylation is 1. The van der Waals surface area contributed by atoms with E-state index in [1.54, 1.807) is 0 Å². The number of alkyl halides is 3. The van der Waals surface area contributed by atoms with Crippen LogP contribution in [0.15, 0.2) is 18.2 Å². The molecular formula is C15H21F3N2O. The van der Waals surface area contributed by atoms with Gasteiger partial charge in [0.2, 0.25) is 0 Å². The van der Waals surface area contributed by atoms with Gasteiger partial charge in [0.25, 0.3) is 0 Å². The number of para-hydroxylation sites is 1. The molecule has 1 saturated heterocycles. The Balaban J connectivity index is 1.74. The van der Waals surface area contributed by atoms with Gasteiger partial charge in [-0.15, -0.1) is 0 Å². The van der Waals surface area contributed by atoms with E-state index in [0.29, 0.717) is 26.2 Å². The molecule has 1 aliphatic heterocycles. The average molecular weight is 302 g/mol. The maximum absolute atomic E-state index is 12.3. The van der Waals surface area contributed by atoms with Crippen LogP contribution < -0.4 is 5.32 Å². The SMILES string of the molecule is Cc1cccc(CNCC2CCN(CC(F)(F)F)C2)c1O. The van der Waals surface area contributed by atoms with Crippen LogP contribution in [0.3, 0.4) is 0 Å². The standard InChI is InChI=1S/C15H21F3N2O/c1-11-3-2-4-13(14(11)21)8-19-7-12-5-6-20(9-12)10-15(16,17)18/h2-4,12,19,21H,5-10H2,1H3. The molecule has 0 radical (unpaired) electrons. The lowest BCUT2D eigenvalue weighted by atomic mass is 10.1. The van der Waals surface area contributed by atoms with Crippen molar-refractivity contribution >= 4 is 0 Å². The number of likely N-dealkylation sites (tertiary alicyclic amines) is 1. The fraction of sp³-hybridized carbons (Fsp3) is 0.600. The van der Waals surface area contributed by atoms with Gasteiger partial charge in [-0.3, -0.25) is 4.90 Å². The molecule has 3 nitrogen and oxygen atoms in total. The fourth-order valence-electron chi connectivity index (χ4n) is 2.75. The van der Waals surface area contributed by atoms with Crippen molar-refractivity contribution in [3.8, 4) is 5.75 Å². The topological polar surface area (TPSA) is 35.5 Å². The van der Waals surface area contributed by atoms with Crippen molar-refractivity contribution < 1.29 is 18.3 Å². The molecule has 1 atom stereocenters. The zero-order valence-corrected chi connectivity index (χ0v) is 12.1. The molecule has 0 aromatic heterocycles. The summed E-state index contributed by atoms with van der Waals surface area (Å²) in [4.78, 5) is 1.45. The molecule has 2 rings (SSSR count). The van der Waals surface area contributed by atoms with Crippen LogP contribution in [-0.2, 0) is 6.54 Å². The lowest BCUT2D eigenvalue weighted by Crippen LogP contribution is -2.33. The minimum Gasteiger partial charge on any atom is -0.507 e. The lowest BCUT2D eigenvalue weighted by Gasteiger charge is -2.18.